The Labute approximate surface area is 211 Å². The molecule has 4 amide bonds. The number of hydroxylamine groups is 2. The van der Waals surface area contributed by atoms with Crippen molar-refractivity contribution in [3.05, 3.63) is 46.5 Å². The third-order valence-electron chi connectivity index (χ3n) is 6.10. The highest BCUT2D eigenvalue weighted by Gasteiger charge is 2.39. The molecule has 2 unspecified atom stereocenters. The van der Waals surface area contributed by atoms with Gasteiger partial charge in [-0.05, 0) is 25.1 Å². The van der Waals surface area contributed by atoms with E-state index in [1.807, 2.05) is 5.32 Å². The average molecular weight is 548 g/mol. The van der Waals surface area contributed by atoms with Gasteiger partial charge in [0.1, 0.15) is 11.5 Å². The summed E-state index contributed by atoms with van der Waals surface area (Å²) in [5, 5.41) is 9.50. The number of fused-ring (bicyclic) bond motifs is 3. The highest BCUT2D eigenvalue weighted by atomic mass is 19.4. The summed E-state index contributed by atoms with van der Waals surface area (Å²) >= 11 is 0. The Morgan fingerprint density at radius 1 is 1.26 bits per heavy atom. The Balaban J connectivity index is 1.57. The molecule has 2 N–H and O–H groups in total. The van der Waals surface area contributed by atoms with E-state index in [2.05, 4.69) is 10.4 Å². The van der Waals surface area contributed by atoms with Gasteiger partial charge in [-0.1, -0.05) is 0 Å². The lowest BCUT2D eigenvalue weighted by molar-refractivity contribution is -0.168. The monoisotopic (exact) mass is 548 g/mol. The molecule has 3 heterocycles. The van der Waals surface area contributed by atoms with Crippen LogP contribution in [0.5, 0.6) is 0 Å². The number of halogens is 6. The molecular weight excluding hydrogens is 526 g/mol. The number of benzene rings is 1. The summed E-state index contributed by atoms with van der Waals surface area (Å²) in [5.41, 5.74) is -1.02. The second-order valence-corrected chi connectivity index (χ2v) is 8.79. The second kappa shape index (κ2) is 10.2. The number of nitrogens with one attached hydrogen (secondary N) is 2. The van der Waals surface area contributed by atoms with Crippen LogP contribution in [0.15, 0.2) is 18.2 Å². The zero-order valence-electron chi connectivity index (χ0n) is 20.0. The Morgan fingerprint density at radius 2 is 1.97 bits per heavy atom. The van der Waals surface area contributed by atoms with Gasteiger partial charge in [0.15, 0.2) is 6.10 Å². The van der Waals surface area contributed by atoms with E-state index in [1.165, 1.54) is 16.6 Å². The van der Waals surface area contributed by atoms with Gasteiger partial charge < -0.3 is 15.5 Å². The van der Waals surface area contributed by atoms with Crippen LogP contribution in [-0.4, -0.2) is 69.8 Å². The number of carbonyl (C=O) groups excluding carboxylic acids is 3. The van der Waals surface area contributed by atoms with Gasteiger partial charge in [-0.15, -0.1) is 0 Å². The van der Waals surface area contributed by atoms with Crippen LogP contribution in [0.2, 0.25) is 0 Å². The minimum Gasteiger partial charge on any atom is -0.348 e. The lowest BCUT2D eigenvalue weighted by atomic mass is 9.99. The first-order valence-corrected chi connectivity index (χ1v) is 11.3. The molecule has 4 rings (SSSR count). The smallest absolute Gasteiger partial charge is 0.348 e. The van der Waals surface area contributed by atoms with Gasteiger partial charge in [-0.25, -0.2) is 23.0 Å². The van der Waals surface area contributed by atoms with Crippen molar-refractivity contribution in [2.75, 3.05) is 18.9 Å². The fourth-order valence-corrected chi connectivity index (χ4v) is 4.25. The number of rotatable bonds is 4. The summed E-state index contributed by atoms with van der Waals surface area (Å²) < 4.78 is 79.0. The van der Waals surface area contributed by atoms with Crippen molar-refractivity contribution < 1.29 is 45.6 Å². The number of amides is 4. The first-order valence-electron chi connectivity index (χ1n) is 11.3. The maximum Gasteiger partial charge on any atom is 0.419 e. The summed E-state index contributed by atoms with van der Waals surface area (Å²) in [6.45, 7) is 0.326. The van der Waals surface area contributed by atoms with Crippen LogP contribution in [0.4, 0.5) is 36.8 Å². The number of urea groups is 1. The van der Waals surface area contributed by atoms with Gasteiger partial charge in [-0.2, -0.15) is 18.3 Å². The van der Waals surface area contributed by atoms with E-state index >= 15 is 0 Å². The van der Waals surface area contributed by atoms with Gasteiger partial charge in [0.2, 0.25) is 0 Å². The summed E-state index contributed by atoms with van der Waals surface area (Å²) in [6.07, 6.45) is -8.93. The van der Waals surface area contributed by atoms with E-state index in [0.717, 1.165) is 11.1 Å². The molecule has 206 valence electrons. The van der Waals surface area contributed by atoms with Gasteiger partial charge in [0.05, 0.1) is 30.9 Å². The topological polar surface area (TPSA) is 109 Å². The molecule has 0 aliphatic carbocycles. The minimum atomic E-state index is -4.96. The van der Waals surface area contributed by atoms with Gasteiger partial charge in [-0.3, -0.25) is 19.1 Å². The van der Waals surface area contributed by atoms with Crippen LogP contribution in [0.3, 0.4) is 0 Å². The first-order chi connectivity index (χ1) is 17.8. The summed E-state index contributed by atoms with van der Waals surface area (Å²) in [6, 6.07) is 0.768. The third kappa shape index (κ3) is 5.39. The third-order valence-corrected chi connectivity index (χ3v) is 6.10. The molecule has 2 atom stereocenters. The SMILES string of the molecule is CC1Cc2nn3c(c2CN1C(=O)Nc1ccc(F)c(C(F)(F)F)c1)C(=O)N(C)OC(C(=O)NCC(F)F)C3. The van der Waals surface area contributed by atoms with Crippen molar-refractivity contribution in [1.29, 1.82) is 0 Å². The van der Waals surface area contributed by atoms with E-state index in [9.17, 15) is 40.7 Å². The molecule has 0 spiro atoms. The van der Waals surface area contributed by atoms with Crippen LogP contribution in [0.1, 0.15) is 34.2 Å². The molecule has 0 bridgehead atoms. The van der Waals surface area contributed by atoms with E-state index in [1.54, 1.807) is 6.92 Å². The molecule has 0 fully saturated rings. The quantitative estimate of drug-likeness (QED) is 0.572. The second-order valence-electron chi connectivity index (χ2n) is 8.79. The maximum absolute atomic E-state index is 13.6. The number of anilines is 1. The van der Waals surface area contributed by atoms with Crippen LogP contribution >= 0.6 is 0 Å². The molecule has 2 aliphatic rings. The Kier molecular flexibility index (Phi) is 7.27. The normalized spacial score (nSPS) is 19.7. The van der Waals surface area contributed by atoms with Crippen LogP contribution < -0.4 is 10.6 Å². The minimum absolute atomic E-state index is 0.0116. The average Bonchev–Trinajstić information content (AvgIpc) is 3.11. The number of aromatic nitrogens is 2. The summed E-state index contributed by atoms with van der Waals surface area (Å²) in [5.74, 6) is -3.07. The Morgan fingerprint density at radius 3 is 2.63 bits per heavy atom. The van der Waals surface area contributed by atoms with E-state index in [-0.39, 0.29) is 30.9 Å². The van der Waals surface area contributed by atoms with Crippen LogP contribution in [0.25, 0.3) is 0 Å². The van der Waals surface area contributed by atoms with Crippen molar-refractivity contribution in [3.8, 4) is 0 Å². The summed E-state index contributed by atoms with van der Waals surface area (Å²) in [7, 11) is 1.23. The number of alkyl halides is 5. The number of carbonyl (C=O) groups is 3. The molecule has 10 nitrogen and oxygen atoms in total. The lowest BCUT2D eigenvalue weighted by Gasteiger charge is -2.33. The van der Waals surface area contributed by atoms with Gasteiger partial charge >= 0.3 is 12.2 Å². The van der Waals surface area contributed by atoms with Crippen molar-refractivity contribution >= 4 is 23.5 Å². The van der Waals surface area contributed by atoms with Crippen LogP contribution in [0, 0.1) is 5.82 Å². The number of hydrogen-bond donors (Lipinski definition) is 2. The molecular formula is C22H22F6N6O4. The summed E-state index contributed by atoms with van der Waals surface area (Å²) in [4.78, 5) is 45.0. The van der Waals surface area contributed by atoms with Crippen molar-refractivity contribution in [2.24, 2.45) is 0 Å². The molecule has 1 aromatic heterocycles. The predicted octanol–water partition coefficient (Wildman–Crippen LogP) is 2.79. The molecule has 0 saturated carbocycles. The van der Waals surface area contributed by atoms with Crippen LogP contribution in [-0.2, 0) is 35.3 Å². The van der Waals surface area contributed by atoms with E-state index in [0.29, 0.717) is 23.4 Å². The fraction of sp³-hybridized carbons (Fsp3) is 0.455. The molecule has 16 heteroatoms. The number of nitrogens with zero attached hydrogens (tertiary/aromatic N) is 4. The largest absolute Gasteiger partial charge is 0.419 e. The highest BCUT2D eigenvalue weighted by Crippen LogP contribution is 2.34. The van der Waals surface area contributed by atoms with Crippen molar-refractivity contribution in [1.82, 2.24) is 25.1 Å². The Hall–Kier alpha value is -3.82. The fourth-order valence-electron chi connectivity index (χ4n) is 4.25. The highest BCUT2D eigenvalue weighted by molar-refractivity contribution is 5.95. The molecule has 2 aliphatic heterocycles. The van der Waals surface area contributed by atoms with Crippen molar-refractivity contribution in [2.45, 2.75) is 51.2 Å². The van der Waals surface area contributed by atoms with Crippen molar-refractivity contribution in [3.63, 3.8) is 0 Å². The van der Waals surface area contributed by atoms with E-state index < -0.39 is 60.5 Å². The molecule has 38 heavy (non-hydrogen) atoms. The number of hydrogen-bond acceptors (Lipinski definition) is 5. The Bertz CT molecular complexity index is 1270. The zero-order chi connectivity index (χ0) is 27.9. The molecule has 2 aromatic rings. The van der Waals surface area contributed by atoms with Gasteiger partial charge in [0, 0.05) is 30.8 Å². The first kappa shape index (κ1) is 27.2. The standard InChI is InChI=1S/C22H22F6N6O4/c1-10-5-15-12(8-33(10)21(37)30-11-3-4-14(23)13(6-11)22(26,27)28)18-20(36)32(2)38-16(9-34(18)31-15)19(35)29-7-17(24)25/h3-4,6,10,16-17H,5,7-9H2,1-2H3,(H,29,35)(H,30,37). The molecule has 0 radical (unpaired) electrons. The maximum atomic E-state index is 13.6. The predicted molar refractivity (Wildman–Crippen MR) is 117 cm³/mol. The van der Waals surface area contributed by atoms with E-state index in [4.69, 9.17) is 4.84 Å². The lowest BCUT2D eigenvalue weighted by Crippen LogP contribution is -2.45. The molecule has 1 aromatic carbocycles. The zero-order valence-corrected chi connectivity index (χ0v) is 20.0. The molecule has 0 saturated heterocycles. The van der Waals surface area contributed by atoms with Gasteiger partial charge in [0.25, 0.3) is 18.2 Å².